The van der Waals surface area contributed by atoms with Crippen LogP contribution in [0.15, 0.2) is 53.0 Å². The van der Waals surface area contributed by atoms with Crippen molar-refractivity contribution < 1.29 is 36.6 Å². The summed E-state index contributed by atoms with van der Waals surface area (Å²) in [5, 5.41) is 22.5. The summed E-state index contributed by atoms with van der Waals surface area (Å²) in [5.74, 6) is -2.06. The summed E-state index contributed by atoms with van der Waals surface area (Å²) in [6.07, 6.45) is -0.616. The van der Waals surface area contributed by atoms with Crippen molar-refractivity contribution in [2.75, 3.05) is 25.4 Å². The van der Waals surface area contributed by atoms with Crippen molar-refractivity contribution >= 4 is 15.7 Å². The van der Waals surface area contributed by atoms with Gasteiger partial charge in [-0.3, -0.25) is 9.69 Å². The van der Waals surface area contributed by atoms with Crippen LogP contribution in [-0.4, -0.2) is 82.8 Å². The number of aliphatic hydroxyl groups is 2. The van der Waals surface area contributed by atoms with Crippen molar-refractivity contribution in [2.45, 2.75) is 75.8 Å². The van der Waals surface area contributed by atoms with Gasteiger partial charge in [0.2, 0.25) is 0 Å². The molecule has 3 atom stereocenters. The van der Waals surface area contributed by atoms with E-state index in [1.54, 1.807) is 22.5 Å². The number of sulfone groups is 1. The molecule has 9 nitrogen and oxygen atoms in total. The Bertz CT molecular complexity index is 1500. The van der Waals surface area contributed by atoms with E-state index in [9.17, 15) is 36.6 Å². The molecule has 236 valence electrons. The Kier molecular flexibility index (Phi) is 9.32. The molecular formula is C30H39F3N4O5S. The molecule has 1 aliphatic carbocycles. The Hall–Kier alpha value is -3.00. The zero-order valence-electron chi connectivity index (χ0n) is 24.9. The van der Waals surface area contributed by atoms with Crippen LogP contribution in [0.1, 0.15) is 61.3 Å². The predicted octanol–water partition coefficient (Wildman–Crippen LogP) is 3.47. The molecule has 43 heavy (non-hydrogen) atoms. The lowest BCUT2D eigenvalue weighted by Gasteiger charge is -2.45. The minimum Gasteiger partial charge on any atom is -0.394 e. The first-order valence-corrected chi connectivity index (χ1v) is 15.8. The molecular weight excluding hydrogens is 585 g/mol. The van der Waals surface area contributed by atoms with Crippen molar-refractivity contribution in [3.8, 4) is 0 Å². The molecule has 2 unspecified atom stereocenters. The molecule has 3 N–H and O–H groups in total. The topological polar surface area (TPSA) is 125 Å². The quantitative estimate of drug-likeness (QED) is 0.390. The number of carbonyl (C=O) groups excluding carboxylic acids is 1. The van der Waals surface area contributed by atoms with E-state index in [0.717, 1.165) is 0 Å². The Morgan fingerprint density at radius 1 is 1.16 bits per heavy atom. The Morgan fingerprint density at radius 2 is 1.79 bits per heavy atom. The highest BCUT2D eigenvalue weighted by molar-refractivity contribution is 7.91. The van der Waals surface area contributed by atoms with Crippen molar-refractivity contribution in [3.05, 3.63) is 70.8 Å². The van der Waals surface area contributed by atoms with E-state index in [2.05, 4.69) is 10.3 Å². The van der Waals surface area contributed by atoms with E-state index in [0.29, 0.717) is 17.1 Å². The van der Waals surface area contributed by atoms with E-state index >= 15 is 0 Å². The minimum atomic E-state index is -4.54. The summed E-state index contributed by atoms with van der Waals surface area (Å²) in [6, 6.07) is 4.04. The Morgan fingerprint density at radius 3 is 2.30 bits per heavy atom. The number of rotatable bonds is 9. The van der Waals surface area contributed by atoms with Crippen LogP contribution in [-0.2, 0) is 21.8 Å². The van der Waals surface area contributed by atoms with Gasteiger partial charge in [0.1, 0.15) is 11.5 Å². The lowest BCUT2D eigenvalue weighted by Crippen LogP contribution is -2.59. The molecule has 0 bridgehead atoms. The number of aliphatic hydroxyl groups excluding tert-OH is 2. The smallest absolute Gasteiger partial charge is 0.394 e. The maximum Gasteiger partial charge on any atom is 0.397 e. The van der Waals surface area contributed by atoms with Gasteiger partial charge in [-0.1, -0.05) is 58.1 Å². The largest absolute Gasteiger partial charge is 0.397 e. The van der Waals surface area contributed by atoms with Gasteiger partial charge in [0.25, 0.3) is 5.91 Å². The third-order valence-electron chi connectivity index (χ3n) is 7.98. The van der Waals surface area contributed by atoms with Crippen molar-refractivity contribution in [3.63, 3.8) is 0 Å². The average Bonchev–Trinajstić information content (AvgIpc) is 3.25. The summed E-state index contributed by atoms with van der Waals surface area (Å²) in [7, 11) is -3.43. The highest BCUT2D eigenvalue weighted by Gasteiger charge is 2.50. The van der Waals surface area contributed by atoms with E-state index < -0.39 is 58.0 Å². The molecule has 1 saturated heterocycles. The molecule has 0 spiro atoms. The van der Waals surface area contributed by atoms with Crippen LogP contribution in [0.3, 0.4) is 0 Å². The molecule has 1 amide bonds. The third kappa shape index (κ3) is 6.89. The monoisotopic (exact) mass is 624 g/mol. The van der Waals surface area contributed by atoms with Crippen LogP contribution in [0, 0.1) is 12.8 Å². The van der Waals surface area contributed by atoms with Crippen molar-refractivity contribution in [2.24, 2.45) is 5.92 Å². The molecule has 1 fully saturated rings. The number of allylic oxidation sites excluding steroid dienone is 2. The first kappa shape index (κ1) is 32.9. The maximum atomic E-state index is 14.5. The summed E-state index contributed by atoms with van der Waals surface area (Å²) < 4.78 is 69.4. The fourth-order valence-electron chi connectivity index (χ4n) is 5.58. The normalized spacial score (nSPS) is 20.9. The number of hydrogen-bond acceptors (Lipinski definition) is 7. The Balaban J connectivity index is 1.64. The van der Waals surface area contributed by atoms with Crippen LogP contribution < -0.4 is 5.32 Å². The summed E-state index contributed by atoms with van der Waals surface area (Å²) in [4.78, 5) is 19.8. The lowest BCUT2D eigenvalue weighted by molar-refractivity contribution is -0.185. The lowest BCUT2D eigenvalue weighted by atomic mass is 9.83. The fourth-order valence-corrected chi connectivity index (χ4v) is 6.46. The molecule has 0 radical (unpaired) electrons. The number of likely N-dealkylation sites (tertiary alicyclic amines) is 1. The fraction of sp³-hybridized carbons (Fsp3) is 0.533. The second-order valence-electron chi connectivity index (χ2n) is 12.1. The van der Waals surface area contributed by atoms with Gasteiger partial charge in [0.15, 0.2) is 9.84 Å². The highest BCUT2D eigenvalue weighted by atomic mass is 32.2. The summed E-state index contributed by atoms with van der Waals surface area (Å²) >= 11 is 0. The van der Waals surface area contributed by atoms with Crippen LogP contribution in [0.5, 0.6) is 0 Å². The number of β-amino-alcohol motifs (C(OH)–C–C–N with tert-alkyl or cyclic N) is 1. The number of amides is 1. The van der Waals surface area contributed by atoms with Crippen LogP contribution in [0.4, 0.5) is 13.2 Å². The van der Waals surface area contributed by atoms with Gasteiger partial charge in [-0.25, -0.2) is 13.4 Å². The van der Waals surface area contributed by atoms with Crippen LogP contribution in [0.2, 0.25) is 0 Å². The van der Waals surface area contributed by atoms with Crippen molar-refractivity contribution in [1.82, 2.24) is 19.8 Å². The molecule has 1 aromatic heterocycles. The van der Waals surface area contributed by atoms with Crippen LogP contribution >= 0.6 is 0 Å². The number of nitrogens with zero attached hydrogens (tertiary/aromatic N) is 3. The van der Waals surface area contributed by atoms with E-state index in [1.807, 2.05) is 20.8 Å². The number of imidazole rings is 1. The molecule has 0 saturated carbocycles. The number of halogens is 3. The van der Waals surface area contributed by atoms with Gasteiger partial charge >= 0.3 is 6.18 Å². The molecule has 13 heteroatoms. The van der Waals surface area contributed by atoms with Gasteiger partial charge < -0.3 is 20.1 Å². The number of alkyl halides is 3. The summed E-state index contributed by atoms with van der Waals surface area (Å²) in [5.41, 5.74) is 0.366. The molecule has 2 aliphatic rings. The number of carbonyl (C=O) groups is 1. The summed E-state index contributed by atoms with van der Waals surface area (Å²) in [6.45, 7) is 8.45. The van der Waals surface area contributed by atoms with E-state index in [1.165, 1.54) is 43.3 Å². The molecule has 1 aromatic carbocycles. The van der Waals surface area contributed by atoms with E-state index in [4.69, 9.17) is 0 Å². The molecule has 1 aliphatic heterocycles. The second-order valence-corrected chi connectivity index (χ2v) is 14.4. The van der Waals surface area contributed by atoms with E-state index in [-0.39, 0.29) is 41.5 Å². The Labute approximate surface area is 250 Å². The van der Waals surface area contributed by atoms with Crippen molar-refractivity contribution in [1.29, 1.82) is 0 Å². The number of hydrogen-bond donors (Lipinski definition) is 3. The first-order chi connectivity index (χ1) is 20.0. The molecule has 2 aromatic rings. The zero-order chi connectivity index (χ0) is 31.9. The van der Waals surface area contributed by atoms with Gasteiger partial charge in [-0.05, 0) is 30.2 Å². The maximum absolute atomic E-state index is 14.5. The predicted molar refractivity (Wildman–Crippen MR) is 155 cm³/mol. The number of nitrogens with one attached hydrogen (secondary N) is 1. The average molecular weight is 625 g/mol. The SMILES string of the molecule is CCS(=O)(=O)c1ccc([C@H](CO)NC(=O)c2nc(C(C)(C)C)n(CC3=CC=CC(N4CC(O)C4)C3C(F)(F)F)c2C)cc1. The zero-order valence-corrected chi connectivity index (χ0v) is 25.7. The number of aromatic nitrogens is 2. The van der Waals surface area contributed by atoms with Gasteiger partial charge in [-0.15, -0.1) is 0 Å². The highest BCUT2D eigenvalue weighted by Crippen LogP contribution is 2.41. The second kappa shape index (κ2) is 12.2. The third-order valence-corrected chi connectivity index (χ3v) is 9.73. The molecule has 4 rings (SSSR count). The molecule has 2 heterocycles. The van der Waals surface area contributed by atoms with Crippen LogP contribution in [0.25, 0.3) is 0 Å². The van der Waals surface area contributed by atoms with Gasteiger partial charge in [-0.2, -0.15) is 13.2 Å². The van der Waals surface area contributed by atoms with Gasteiger partial charge in [0.05, 0.1) is 35.3 Å². The first-order valence-electron chi connectivity index (χ1n) is 14.2. The minimum absolute atomic E-state index is 0.0199. The number of benzene rings is 1. The van der Waals surface area contributed by atoms with Gasteiger partial charge in [0, 0.05) is 36.8 Å². The standard InChI is InChI=1S/C30H39F3N4O5S/c1-6-43(41,42)22-12-10-19(11-13-22)23(17-38)34-27(40)26-18(2)37(28(35-26)29(3,4)5)14-20-8-7-9-24(25(20)30(31,32)33)36-15-21(39)16-36/h7-13,21,23-25,38-39H,6,14-17H2,1-5H3,(H,34,40)/t23-,24?,25?/m0/s1.